The topological polar surface area (TPSA) is 79.8 Å². The van der Waals surface area contributed by atoms with Crippen molar-refractivity contribution in [1.29, 1.82) is 0 Å². The molecule has 0 bridgehead atoms. The lowest BCUT2D eigenvalue weighted by Gasteiger charge is -2.20. The summed E-state index contributed by atoms with van der Waals surface area (Å²) >= 11 is 15.3. The van der Waals surface area contributed by atoms with Crippen molar-refractivity contribution in [2.45, 2.75) is 39.8 Å². The third kappa shape index (κ3) is 7.52. The van der Waals surface area contributed by atoms with E-state index in [2.05, 4.69) is 31.8 Å². The molecule has 0 aliphatic rings. The number of halogens is 3. The molecule has 31 heavy (non-hydrogen) atoms. The Balaban J connectivity index is 2.03. The standard InChI is InChI=1S/C22H24BrCl2N3O3/c1-12(2)20(27-21(29)15-6-7-17(24)18(25)10-15)22(30)28-26-11-14-5-8-19(16(23)9-14)31-13(3)4/h5-13,20H,1-4H3,(H,27,29)(H,28,30). The molecule has 9 heteroatoms. The highest BCUT2D eigenvalue weighted by molar-refractivity contribution is 9.10. The maximum absolute atomic E-state index is 12.6. The summed E-state index contributed by atoms with van der Waals surface area (Å²) in [7, 11) is 0. The van der Waals surface area contributed by atoms with E-state index in [1.807, 2.05) is 45.9 Å². The second-order valence-corrected chi connectivity index (χ2v) is 9.08. The Morgan fingerprint density at radius 3 is 2.35 bits per heavy atom. The van der Waals surface area contributed by atoms with Crippen LogP contribution in [0.2, 0.25) is 10.0 Å². The molecule has 0 fully saturated rings. The molecule has 2 aromatic rings. The summed E-state index contributed by atoms with van der Waals surface area (Å²) in [6, 6.07) is 9.22. The molecule has 0 aromatic heterocycles. The minimum atomic E-state index is -0.785. The van der Waals surface area contributed by atoms with Crippen LogP contribution in [-0.4, -0.2) is 30.2 Å². The Morgan fingerprint density at radius 1 is 1.06 bits per heavy atom. The number of hydrogen-bond acceptors (Lipinski definition) is 4. The zero-order valence-electron chi connectivity index (χ0n) is 17.6. The summed E-state index contributed by atoms with van der Waals surface area (Å²) in [5.41, 5.74) is 3.56. The van der Waals surface area contributed by atoms with Crippen molar-refractivity contribution in [3.05, 3.63) is 62.0 Å². The van der Waals surface area contributed by atoms with E-state index in [0.717, 1.165) is 15.8 Å². The van der Waals surface area contributed by atoms with Crippen LogP contribution < -0.4 is 15.5 Å². The molecule has 0 saturated heterocycles. The number of carbonyl (C=O) groups excluding carboxylic acids is 2. The van der Waals surface area contributed by atoms with Crippen molar-refractivity contribution >= 4 is 57.2 Å². The van der Waals surface area contributed by atoms with E-state index in [4.69, 9.17) is 27.9 Å². The second-order valence-electron chi connectivity index (χ2n) is 7.41. The Labute approximate surface area is 200 Å². The molecule has 2 rings (SSSR count). The first-order chi connectivity index (χ1) is 14.6. The number of ether oxygens (including phenoxy) is 1. The van der Waals surface area contributed by atoms with Crippen molar-refractivity contribution < 1.29 is 14.3 Å². The summed E-state index contributed by atoms with van der Waals surface area (Å²) in [6.07, 6.45) is 1.57. The Hall–Kier alpha value is -2.09. The zero-order chi connectivity index (χ0) is 23.1. The van der Waals surface area contributed by atoms with E-state index in [9.17, 15) is 9.59 Å². The summed E-state index contributed by atoms with van der Waals surface area (Å²) in [5, 5.41) is 7.33. The Morgan fingerprint density at radius 2 is 1.77 bits per heavy atom. The van der Waals surface area contributed by atoms with Crippen LogP contribution in [0.15, 0.2) is 46.0 Å². The average molecular weight is 529 g/mol. The fourth-order valence-electron chi connectivity index (χ4n) is 2.58. The van der Waals surface area contributed by atoms with Gasteiger partial charge >= 0.3 is 0 Å². The molecule has 0 radical (unpaired) electrons. The van der Waals surface area contributed by atoms with E-state index < -0.39 is 17.9 Å². The summed E-state index contributed by atoms with van der Waals surface area (Å²) in [6.45, 7) is 7.55. The molecule has 0 heterocycles. The lowest BCUT2D eigenvalue weighted by Crippen LogP contribution is -2.48. The molecule has 2 N–H and O–H groups in total. The molecule has 166 valence electrons. The van der Waals surface area contributed by atoms with Crippen molar-refractivity contribution in [3.63, 3.8) is 0 Å². The first-order valence-electron chi connectivity index (χ1n) is 9.63. The number of hydrazone groups is 1. The third-order valence-electron chi connectivity index (χ3n) is 4.12. The van der Waals surface area contributed by atoms with Gasteiger partial charge in [0.25, 0.3) is 11.8 Å². The number of benzene rings is 2. The molecule has 0 saturated carbocycles. The van der Waals surface area contributed by atoms with Crippen molar-refractivity contribution in [2.24, 2.45) is 11.0 Å². The van der Waals surface area contributed by atoms with Crippen LogP contribution in [0.4, 0.5) is 0 Å². The molecule has 2 amide bonds. The normalized spacial score (nSPS) is 12.3. The molecule has 0 aliphatic heterocycles. The van der Waals surface area contributed by atoms with Crippen LogP contribution in [0.1, 0.15) is 43.6 Å². The minimum Gasteiger partial charge on any atom is -0.490 e. The fraction of sp³-hybridized carbons (Fsp3) is 0.318. The van der Waals surface area contributed by atoms with Gasteiger partial charge in [-0.15, -0.1) is 0 Å². The number of amides is 2. The molecule has 0 aliphatic carbocycles. The molecular weight excluding hydrogens is 505 g/mol. The fourth-order valence-corrected chi connectivity index (χ4v) is 3.37. The van der Waals surface area contributed by atoms with Crippen LogP contribution in [0.5, 0.6) is 5.75 Å². The van der Waals surface area contributed by atoms with Gasteiger partial charge in [0.1, 0.15) is 11.8 Å². The summed E-state index contributed by atoms with van der Waals surface area (Å²) in [4.78, 5) is 25.1. The SMILES string of the molecule is CC(C)Oc1ccc(C=NNC(=O)C(NC(=O)c2ccc(Cl)c(Cl)c2)C(C)C)cc1Br. The largest absolute Gasteiger partial charge is 0.490 e. The van der Waals surface area contributed by atoms with Crippen LogP contribution in [0.3, 0.4) is 0 Å². The van der Waals surface area contributed by atoms with Crippen molar-refractivity contribution in [1.82, 2.24) is 10.7 Å². The van der Waals surface area contributed by atoms with Gasteiger partial charge in [0, 0.05) is 5.56 Å². The van der Waals surface area contributed by atoms with Gasteiger partial charge in [-0.05, 0) is 77.7 Å². The quantitative estimate of drug-likeness (QED) is 0.353. The highest BCUT2D eigenvalue weighted by Gasteiger charge is 2.24. The lowest BCUT2D eigenvalue weighted by molar-refractivity contribution is -0.123. The molecule has 1 unspecified atom stereocenters. The van der Waals surface area contributed by atoms with Gasteiger partial charge in [-0.1, -0.05) is 37.0 Å². The first-order valence-corrected chi connectivity index (χ1v) is 11.2. The van der Waals surface area contributed by atoms with Crippen LogP contribution in [0, 0.1) is 5.92 Å². The molecule has 0 spiro atoms. The predicted octanol–water partition coefficient (Wildman–Crippen LogP) is 5.45. The monoisotopic (exact) mass is 527 g/mol. The van der Waals surface area contributed by atoms with Crippen molar-refractivity contribution in [2.75, 3.05) is 0 Å². The Bertz CT molecular complexity index is 980. The summed E-state index contributed by atoms with van der Waals surface area (Å²) in [5.74, 6) is -0.302. The van der Waals surface area contributed by atoms with Crippen LogP contribution in [0.25, 0.3) is 0 Å². The van der Waals surface area contributed by atoms with Gasteiger partial charge in [0.15, 0.2) is 0 Å². The van der Waals surface area contributed by atoms with Gasteiger partial charge in [-0.3, -0.25) is 9.59 Å². The Kier molecular flexibility index (Phi) is 9.34. The van der Waals surface area contributed by atoms with Crippen LogP contribution in [-0.2, 0) is 4.79 Å². The molecule has 2 aromatic carbocycles. The second kappa shape index (κ2) is 11.5. The third-order valence-corrected chi connectivity index (χ3v) is 5.48. The summed E-state index contributed by atoms with van der Waals surface area (Å²) < 4.78 is 6.45. The molecular formula is C22H24BrCl2N3O3. The van der Waals surface area contributed by atoms with E-state index in [1.165, 1.54) is 18.3 Å². The zero-order valence-corrected chi connectivity index (χ0v) is 20.7. The molecule has 6 nitrogen and oxygen atoms in total. The first kappa shape index (κ1) is 25.2. The van der Waals surface area contributed by atoms with Gasteiger partial charge in [-0.2, -0.15) is 5.10 Å². The highest BCUT2D eigenvalue weighted by Crippen LogP contribution is 2.26. The average Bonchev–Trinajstić information content (AvgIpc) is 2.69. The number of nitrogens with zero attached hydrogens (tertiary/aromatic N) is 1. The van der Waals surface area contributed by atoms with E-state index >= 15 is 0 Å². The van der Waals surface area contributed by atoms with Gasteiger partial charge in [0.2, 0.25) is 0 Å². The predicted molar refractivity (Wildman–Crippen MR) is 128 cm³/mol. The number of rotatable bonds is 8. The van der Waals surface area contributed by atoms with Gasteiger partial charge < -0.3 is 10.1 Å². The van der Waals surface area contributed by atoms with Crippen LogP contribution >= 0.6 is 39.1 Å². The number of carbonyl (C=O) groups is 2. The number of hydrogen-bond donors (Lipinski definition) is 2. The van der Waals surface area contributed by atoms with E-state index in [-0.39, 0.29) is 17.0 Å². The lowest BCUT2D eigenvalue weighted by atomic mass is 10.0. The van der Waals surface area contributed by atoms with Gasteiger partial charge in [0.05, 0.1) is 26.8 Å². The molecule has 1 atom stereocenters. The van der Waals surface area contributed by atoms with Gasteiger partial charge in [-0.25, -0.2) is 5.43 Å². The van der Waals surface area contributed by atoms with E-state index in [0.29, 0.717) is 10.6 Å². The maximum atomic E-state index is 12.6. The minimum absolute atomic E-state index is 0.0576. The van der Waals surface area contributed by atoms with Crippen molar-refractivity contribution in [3.8, 4) is 5.75 Å². The maximum Gasteiger partial charge on any atom is 0.262 e. The number of nitrogens with one attached hydrogen (secondary N) is 2. The van der Waals surface area contributed by atoms with E-state index in [1.54, 1.807) is 6.07 Å². The smallest absolute Gasteiger partial charge is 0.262 e. The highest BCUT2D eigenvalue weighted by atomic mass is 79.9.